The summed E-state index contributed by atoms with van der Waals surface area (Å²) >= 11 is 0. The predicted octanol–water partition coefficient (Wildman–Crippen LogP) is 9.95. The van der Waals surface area contributed by atoms with E-state index in [9.17, 15) is 13.2 Å². The molecule has 0 saturated heterocycles. The van der Waals surface area contributed by atoms with E-state index in [1.807, 2.05) is 182 Å². The lowest BCUT2D eigenvalue weighted by Crippen LogP contribution is -2.41. The second kappa shape index (κ2) is 13.6. The highest BCUT2D eigenvalue weighted by Gasteiger charge is 2.47. The summed E-state index contributed by atoms with van der Waals surface area (Å²) in [4.78, 5) is 14.8. The van der Waals surface area contributed by atoms with Crippen LogP contribution in [0.4, 0.5) is 0 Å². The molecule has 7 rings (SSSR count). The van der Waals surface area contributed by atoms with E-state index < -0.39 is 21.5 Å². The number of benzene rings is 7. The minimum absolute atomic E-state index is 0.103. The molecule has 49 heavy (non-hydrogen) atoms. The zero-order valence-electron chi connectivity index (χ0n) is 26.5. The van der Waals surface area contributed by atoms with Gasteiger partial charge in [0.15, 0.2) is 0 Å². The van der Waals surface area contributed by atoms with Crippen LogP contribution in [-0.2, 0) is 24.5 Å². The Labute approximate surface area is 287 Å². The van der Waals surface area contributed by atoms with Gasteiger partial charge in [0.1, 0.15) is 10.3 Å². The van der Waals surface area contributed by atoms with Crippen LogP contribution in [-0.4, -0.2) is 14.4 Å². The average molecular weight is 657 g/mol. The van der Waals surface area contributed by atoms with Crippen molar-refractivity contribution in [2.45, 2.75) is 10.3 Å². The van der Waals surface area contributed by atoms with Gasteiger partial charge in [-0.25, -0.2) is 4.79 Å². The van der Waals surface area contributed by atoms with E-state index in [1.165, 1.54) is 0 Å². The molecule has 0 bridgehead atoms. The van der Waals surface area contributed by atoms with Gasteiger partial charge in [-0.3, -0.25) is 0 Å². The van der Waals surface area contributed by atoms with Crippen LogP contribution >= 0.6 is 0 Å². The minimum atomic E-state index is -4.72. The Morgan fingerprint density at radius 1 is 0.408 bits per heavy atom. The molecule has 0 atom stereocenters. The normalized spacial score (nSPS) is 11.5. The Morgan fingerprint density at radius 2 is 0.755 bits per heavy atom. The molecule has 0 amide bonds. The largest absolute Gasteiger partial charge is 0.342 e. The van der Waals surface area contributed by atoms with E-state index >= 15 is 0 Å². The van der Waals surface area contributed by atoms with Crippen LogP contribution in [0, 0.1) is 0 Å². The van der Waals surface area contributed by atoms with Crippen LogP contribution in [0.25, 0.3) is 33.4 Å². The maximum atomic E-state index is 14.9. The Balaban J connectivity index is 1.48. The Hall–Kier alpha value is -6.04. The van der Waals surface area contributed by atoms with Gasteiger partial charge in [-0.05, 0) is 50.6 Å². The molecule has 0 unspecified atom stereocenters. The topological polar surface area (TPSA) is 60.4 Å². The lowest BCUT2D eigenvalue weighted by atomic mass is 9.69. The average Bonchev–Trinajstić information content (AvgIpc) is 3.17. The van der Waals surface area contributed by atoms with Crippen molar-refractivity contribution in [1.29, 1.82) is 0 Å². The lowest BCUT2D eigenvalue weighted by molar-refractivity contribution is -0.137. The fourth-order valence-corrected chi connectivity index (χ4v) is 7.69. The first-order valence-electron chi connectivity index (χ1n) is 16.0. The van der Waals surface area contributed by atoms with E-state index in [2.05, 4.69) is 0 Å². The summed E-state index contributed by atoms with van der Waals surface area (Å²) in [6, 6.07) is 59.8. The van der Waals surface area contributed by atoms with Crippen molar-refractivity contribution in [2.75, 3.05) is 0 Å². The Bertz CT molecular complexity index is 2200. The maximum Gasteiger partial charge on any atom is 0.342 e. The number of carbonyl (C=O) groups is 1. The molecule has 0 radical (unpaired) electrons. The van der Waals surface area contributed by atoms with Crippen molar-refractivity contribution < 1.29 is 17.4 Å². The van der Waals surface area contributed by atoms with E-state index in [0.29, 0.717) is 27.8 Å². The summed E-state index contributed by atoms with van der Waals surface area (Å²) in [5, 5.41) is 0. The molecule has 0 heterocycles. The van der Waals surface area contributed by atoms with Gasteiger partial charge >= 0.3 is 16.1 Å². The van der Waals surface area contributed by atoms with E-state index in [4.69, 9.17) is 4.18 Å². The minimum Gasteiger partial charge on any atom is -0.340 e. The fourth-order valence-electron chi connectivity index (χ4n) is 6.57. The van der Waals surface area contributed by atoms with Crippen LogP contribution in [0.5, 0.6) is 0 Å². The molecular formula is C44H32O4S. The highest BCUT2D eigenvalue weighted by atomic mass is 32.2. The predicted molar refractivity (Wildman–Crippen MR) is 195 cm³/mol. The van der Waals surface area contributed by atoms with Gasteiger partial charge in [0.25, 0.3) is 0 Å². The number of carbonyl (C=O) groups excluding carboxylic acids is 1. The first-order valence-corrected chi connectivity index (χ1v) is 17.4. The summed E-state index contributed by atoms with van der Waals surface area (Å²) in [7, 11) is -4.72. The van der Waals surface area contributed by atoms with Crippen LogP contribution in [0.2, 0.25) is 0 Å². The first kappa shape index (κ1) is 31.6. The Kier molecular flexibility index (Phi) is 8.75. The molecule has 7 aromatic rings. The van der Waals surface area contributed by atoms with Crippen molar-refractivity contribution in [3.8, 4) is 33.4 Å². The fraction of sp³-hybridized carbons (Fsp3) is 0.0227. The first-order chi connectivity index (χ1) is 24.0. The second-order valence-corrected chi connectivity index (χ2v) is 13.1. The van der Waals surface area contributed by atoms with Gasteiger partial charge in [0.2, 0.25) is 0 Å². The highest BCUT2D eigenvalue weighted by Crippen LogP contribution is 2.46. The maximum absolute atomic E-state index is 14.9. The Morgan fingerprint density at radius 3 is 1.16 bits per heavy atom. The van der Waals surface area contributed by atoms with Gasteiger partial charge in [-0.15, -0.1) is 0 Å². The number of hydrogen-bond donors (Lipinski definition) is 0. The van der Waals surface area contributed by atoms with Crippen molar-refractivity contribution in [1.82, 2.24) is 0 Å². The van der Waals surface area contributed by atoms with Gasteiger partial charge in [0, 0.05) is 5.56 Å². The SMILES string of the molecule is O=C(OS(=O)(=O)c1ccc(-c2ccccc2)c(-c2ccccc2)c1-c1ccccc1)C(c1ccccc1)(c1ccccc1)c1ccccc1. The van der Waals surface area contributed by atoms with Gasteiger partial charge in [-0.1, -0.05) is 188 Å². The monoisotopic (exact) mass is 656 g/mol. The summed E-state index contributed by atoms with van der Waals surface area (Å²) < 4.78 is 35.4. The van der Waals surface area contributed by atoms with Crippen LogP contribution < -0.4 is 0 Å². The molecule has 0 aliphatic heterocycles. The number of rotatable bonds is 9. The summed E-state index contributed by atoms with van der Waals surface area (Å²) in [6.07, 6.45) is 0. The summed E-state index contributed by atoms with van der Waals surface area (Å²) in [5.41, 5.74) is 4.61. The second-order valence-electron chi connectivity index (χ2n) is 11.6. The van der Waals surface area contributed by atoms with Crippen molar-refractivity contribution in [2.24, 2.45) is 0 Å². The summed E-state index contributed by atoms with van der Waals surface area (Å²) in [6.45, 7) is 0. The third kappa shape index (κ3) is 5.97. The highest BCUT2D eigenvalue weighted by molar-refractivity contribution is 7.87. The molecule has 7 aromatic carbocycles. The third-order valence-electron chi connectivity index (χ3n) is 8.76. The molecule has 0 aromatic heterocycles. The van der Waals surface area contributed by atoms with Gasteiger partial charge in [-0.2, -0.15) is 8.42 Å². The molecule has 0 aliphatic carbocycles. The molecule has 238 valence electrons. The van der Waals surface area contributed by atoms with E-state index in [1.54, 1.807) is 12.1 Å². The van der Waals surface area contributed by atoms with Crippen molar-refractivity contribution in [3.63, 3.8) is 0 Å². The van der Waals surface area contributed by atoms with Crippen LogP contribution in [0.1, 0.15) is 16.7 Å². The molecule has 0 fully saturated rings. The molecule has 0 aliphatic rings. The smallest absolute Gasteiger partial charge is 0.340 e. The molecule has 0 saturated carbocycles. The lowest BCUT2D eigenvalue weighted by Gasteiger charge is -2.33. The van der Waals surface area contributed by atoms with E-state index in [0.717, 1.165) is 22.3 Å². The third-order valence-corrected chi connectivity index (χ3v) is 10.0. The molecular weight excluding hydrogens is 625 g/mol. The quantitative estimate of drug-likeness (QED) is 0.115. The zero-order chi connectivity index (χ0) is 33.7. The molecule has 4 nitrogen and oxygen atoms in total. The van der Waals surface area contributed by atoms with Crippen molar-refractivity contribution in [3.05, 3.63) is 211 Å². The van der Waals surface area contributed by atoms with Crippen molar-refractivity contribution >= 4 is 16.1 Å². The van der Waals surface area contributed by atoms with Crippen LogP contribution in [0.15, 0.2) is 199 Å². The zero-order valence-corrected chi connectivity index (χ0v) is 27.3. The summed E-state index contributed by atoms with van der Waals surface area (Å²) in [5.74, 6) is -0.927. The van der Waals surface area contributed by atoms with Gasteiger partial charge in [0.05, 0.1) is 0 Å². The van der Waals surface area contributed by atoms with Gasteiger partial charge < -0.3 is 4.18 Å². The molecule has 5 heteroatoms. The molecule has 0 spiro atoms. The van der Waals surface area contributed by atoms with E-state index in [-0.39, 0.29) is 4.90 Å². The number of hydrogen-bond acceptors (Lipinski definition) is 4. The van der Waals surface area contributed by atoms with Crippen LogP contribution in [0.3, 0.4) is 0 Å². The molecule has 0 N–H and O–H groups in total. The standard InChI is InChI=1S/C44H32O4S/c45-43(44(36-25-13-4-14-26-36,37-27-15-5-16-28-37)38-29-17-6-18-30-38)48-49(46,47)40-32-31-39(33-19-7-1-8-20-33)41(34-21-9-2-10-22-34)42(40)35-23-11-3-12-24-35/h1-32H.